The van der Waals surface area contributed by atoms with E-state index in [1.807, 2.05) is 0 Å². The van der Waals surface area contributed by atoms with E-state index in [0.717, 1.165) is 0 Å². The van der Waals surface area contributed by atoms with Crippen molar-refractivity contribution in [1.29, 1.82) is 0 Å². The van der Waals surface area contributed by atoms with Gasteiger partial charge in [0.15, 0.2) is 0 Å². The van der Waals surface area contributed by atoms with Gasteiger partial charge >= 0.3 is 5.97 Å². The van der Waals surface area contributed by atoms with Crippen molar-refractivity contribution in [2.75, 3.05) is 11.6 Å². The van der Waals surface area contributed by atoms with Crippen molar-refractivity contribution in [2.45, 2.75) is 25.0 Å². The summed E-state index contributed by atoms with van der Waals surface area (Å²) >= 11 is 9.25. The summed E-state index contributed by atoms with van der Waals surface area (Å²) in [6, 6.07) is 0. The molecular weight excluding hydrogens is 242 g/mol. The van der Waals surface area contributed by atoms with Crippen LogP contribution in [-0.2, 0) is 9.59 Å². The zero-order valence-electron chi connectivity index (χ0n) is 8.23. The van der Waals surface area contributed by atoms with Gasteiger partial charge in [0.2, 0.25) is 5.91 Å². The highest BCUT2D eigenvalue weighted by Gasteiger charge is 2.39. The van der Waals surface area contributed by atoms with Crippen LogP contribution in [0, 0.1) is 0 Å². The largest absolute Gasteiger partial charge is 0.479 e. The third kappa shape index (κ3) is 4.27. The van der Waals surface area contributed by atoms with Crippen LogP contribution in [-0.4, -0.2) is 45.4 Å². The number of amides is 1. The summed E-state index contributed by atoms with van der Waals surface area (Å²) in [5, 5.41) is 20.6. The lowest BCUT2D eigenvalue weighted by molar-refractivity contribution is -0.147. The number of aliphatic carboxylic acids is 1. The molecule has 3 N–H and O–H groups in total. The minimum absolute atomic E-state index is 0.0948. The van der Waals surface area contributed by atoms with Gasteiger partial charge < -0.3 is 15.5 Å². The number of hydrogen-bond acceptors (Lipinski definition) is 4. The lowest BCUT2D eigenvalue weighted by atomic mass is 9.94. The fourth-order valence-corrected chi connectivity index (χ4v) is 1.61. The fourth-order valence-electron chi connectivity index (χ4n) is 1.16. The van der Waals surface area contributed by atoms with Gasteiger partial charge in [0.1, 0.15) is 5.54 Å². The SMILES string of the molecule is CC(=O)N[C@](CS)(CC(O)CCl)C(=O)O. The molecule has 0 saturated carbocycles. The molecular formula is C8H14ClNO4S. The molecule has 0 spiro atoms. The Morgan fingerprint density at radius 2 is 2.13 bits per heavy atom. The predicted molar refractivity (Wildman–Crippen MR) is 59.4 cm³/mol. The molecule has 0 saturated heterocycles. The topological polar surface area (TPSA) is 86.6 Å². The second-order valence-corrected chi connectivity index (χ2v) is 3.86. The van der Waals surface area contributed by atoms with E-state index < -0.39 is 23.5 Å². The van der Waals surface area contributed by atoms with Crippen LogP contribution in [0.2, 0.25) is 0 Å². The molecule has 0 aliphatic heterocycles. The van der Waals surface area contributed by atoms with E-state index in [-0.39, 0.29) is 18.1 Å². The molecule has 15 heavy (non-hydrogen) atoms. The van der Waals surface area contributed by atoms with Crippen LogP contribution < -0.4 is 5.32 Å². The zero-order chi connectivity index (χ0) is 12.1. The van der Waals surface area contributed by atoms with Crippen LogP contribution in [0.5, 0.6) is 0 Å². The normalized spacial score (nSPS) is 16.5. The summed E-state index contributed by atoms with van der Waals surface area (Å²) in [5.74, 6) is -1.94. The number of halogens is 1. The highest BCUT2D eigenvalue weighted by atomic mass is 35.5. The quantitative estimate of drug-likeness (QED) is 0.393. The predicted octanol–water partition coefficient (Wildman–Crippen LogP) is -0.135. The Morgan fingerprint density at radius 1 is 1.60 bits per heavy atom. The average molecular weight is 256 g/mol. The van der Waals surface area contributed by atoms with Gasteiger partial charge in [-0.25, -0.2) is 4.79 Å². The number of rotatable bonds is 6. The van der Waals surface area contributed by atoms with Gasteiger partial charge in [-0.3, -0.25) is 4.79 Å². The highest BCUT2D eigenvalue weighted by Crippen LogP contribution is 2.16. The first kappa shape index (κ1) is 14.5. The number of carboxylic acid groups (broad SMARTS) is 1. The first-order valence-electron chi connectivity index (χ1n) is 4.25. The third-order valence-electron chi connectivity index (χ3n) is 1.86. The minimum Gasteiger partial charge on any atom is -0.479 e. The van der Waals surface area contributed by atoms with Gasteiger partial charge in [-0.1, -0.05) is 0 Å². The summed E-state index contributed by atoms with van der Waals surface area (Å²) in [7, 11) is 0. The molecule has 88 valence electrons. The molecule has 0 aromatic carbocycles. The number of thiol groups is 1. The number of alkyl halides is 1. The molecule has 5 nitrogen and oxygen atoms in total. The van der Waals surface area contributed by atoms with Crippen molar-refractivity contribution in [1.82, 2.24) is 5.32 Å². The molecule has 0 aromatic heterocycles. The number of carboxylic acids is 1. The van der Waals surface area contributed by atoms with Crippen LogP contribution >= 0.6 is 24.2 Å². The summed E-state index contributed by atoms with van der Waals surface area (Å²) in [6.45, 7) is 1.20. The van der Waals surface area contributed by atoms with Crippen molar-refractivity contribution in [3.63, 3.8) is 0 Å². The fraction of sp³-hybridized carbons (Fsp3) is 0.750. The number of carbonyl (C=O) groups is 2. The van der Waals surface area contributed by atoms with Crippen molar-refractivity contribution in [3.05, 3.63) is 0 Å². The van der Waals surface area contributed by atoms with Gasteiger partial charge in [0.05, 0.1) is 6.10 Å². The summed E-state index contributed by atoms with van der Waals surface area (Å²) < 4.78 is 0. The molecule has 1 amide bonds. The smallest absolute Gasteiger partial charge is 0.330 e. The Morgan fingerprint density at radius 3 is 2.40 bits per heavy atom. The van der Waals surface area contributed by atoms with Crippen LogP contribution in [0.3, 0.4) is 0 Å². The molecule has 0 fully saturated rings. The van der Waals surface area contributed by atoms with E-state index >= 15 is 0 Å². The summed E-state index contributed by atoms with van der Waals surface area (Å²) in [6.07, 6.45) is -1.17. The molecule has 0 heterocycles. The lowest BCUT2D eigenvalue weighted by Gasteiger charge is -2.29. The van der Waals surface area contributed by atoms with E-state index in [4.69, 9.17) is 16.7 Å². The Labute approximate surface area is 98.2 Å². The van der Waals surface area contributed by atoms with Gasteiger partial charge in [-0.15, -0.1) is 11.6 Å². The summed E-state index contributed by atoms with van der Waals surface area (Å²) in [4.78, 5) is 21.9. The summed E-state index contributed by atoms with van der Waals surface area (Å²) in [5.41, 5.74) is -1.57. The van der Waals surface area contributed by atoms with Crippen LogP contribution in [0.15, 0.2) is 0 Å². The molecule has 0 aliphatic rings. The van der Waals surface area contributed by atoms with Gasteiger partial charge in [0, 0.05) is 25.0 Å². The first-order chi connectivity index (χ1) is 6.88. The maximum atomic E-state index is 11.0. The molecule has 0 aromatic rings. The number of aliphatic hydroxyl groups is 1. The van der Waals surface area contributed by atoms with Gasteiger partial charge in [-0.05, 0) is 0 Å². The van der Waals surface area contributed by atoms with Crippen LogP contribution in [0.25, 0.3) is 0 Å². The number of hydrogen-bond donors (Lipinski definition) is 4. The monoisotopic (exact) mass is 255 g/mol. The average Bonchev–Trinajstić information content (AvgIpc) is 2.15. The third-order valence-corrected chi connectivity index (χ3v) is 2.75. The number of carbonyl (C=O) groups excluding carboxylic acids is 1. The Hall–Kier alpha value is -0.460. The lowest BCUT2D eigenvalue weighted by Crippen LogP contribution is -2.57. The maximum absolute atomic E-state index is 11.0. The Kier molecular flexibility index (Phi) is 6.00. The van der Waals surface area contributed by atoms with Crippen molar-refractivity contribution in [2.24, 2.45) is 0 Å². The van der Waals surface area contributed by atoms with E-state index in [0.29, 0.717) is 0 Å². The number of nitrogens with one attached hydrogen (secondary N) is 1. The highest BCUT2D eigenvalue weighted by molar-refractivity contribution is 7.80. The zero-order valence-corrected chi connectivity index (χ0v) is 9.89. The van der Waals surface area contributed by atoms with Crippen LogP contribution in [0.4, 0.5) is 0 Å². The molecule has 0 rings (SSSR count). The molecule has 0 radical (unpaired) electrons. The van der Waals surface area contributed by atoms with Crippen molar-refractivity contribution in [3.8, 4) is 0 Å². The standard InChI is InChI=1S/C8H14ClNO4S/c1-5(11)10-8(4-15,7(13)14)2-6(12)3-9/h6,12,15H,2-4H2,1H3,(H,10,11)(H,13,14)/t6?,8-/m0/s1. The van der Waals surface area contributed by atoms with E-state index in [9.17, 15) is 14.7 Å². The van der Waals surface area contributed by atoms with E-state index in [1.54, 1.807) is 0 Å². The minimum atomic E-state index is -1.57. The first-order valence-corrected chi connectivity index (χ1v) is 5.41. The molecule has 2 atom stereocenters. The van der Waals surface area contributed by atoms with Gasteiger partial charge in [-0.2, -0.15) is 12.6 Å². The Bertz CT molecular complexity index is 251. The molecule has 0 bridgehead atoms. The van der Waals surface area contributed by atoms with E-state index in [2.05, 4.69) is 17.9 Å². The maximum Gasteiger partial charge on any atom is 0.330 e. The second-order valence-electron chi connectivity index (χ2n) is 3.24. The van der Waals surface area contributed by atoms with Crippen molar-refractivity contribution >= 4 is 36.1 Å². The van der Waals surface area contributed by atoms with Gasteiger partial charge in [0.25, 0.3) is 0 Å². The molecule has 1 unspecified atom stereocenters. The second kappa shape index (κ2) is 6.19. The molecule has 7 heteroatoms. The Balaban J connectivity index is 4.80. The van der Waals surface area contributed by atoms with E-state index in [1.165, 1.54) is 6.92 Å². The molecule has 0 aliphatic carbocycles. The number of aliphatic hydroxyl groups excluding tert-OH is 1. The van der Waals surface area contributed by atoms with Crippen LogP contribution in [0.1, 0.15) is 13.3 Å². The van der Waals surface area contributed by atoms with Crippen molar-refractivity contribution < 1.29 is 19.8 Å².